The summed E-state index contributed by atoms with van der Waals surface area (Å²) >= 11 is 3.25. The summed E-state index contributed by atoms with van der Waals surface area (Å²) in [7, 11) is -0.642. The molecule has 0 bridgehead atoms. The normalized spacial score (nSPS) is 11.4. The molecule has 23 heavy (non-hydrogen) atoms. The lowest BCUT2D eigenvalue weighted by atomic mass is 10.2. The number of halogens is 1. The fourth-order valence-electron chi connectivity index (χ4n) is 1.74. The van der Waals surface area contributed by atoms with Crippen molar-refractivity contribution in [2.24, 2.45) is 5.10 Å². The van der Waals surface area contributed by atoms with Crippen molar-refractivity contribution in [1.82, 2.24) is 4.83 Å². The average Bonchev–Trinajstić information content (AvgIpc) is 2.54. The maximum absolute atomic E-state index is 12.1. The number of hydrogen-bond donors (Lipinski definition) is 1. The fourth-order valence-corrected chi connectivity index (χ4v) is 2.80. The quantitative estimate of drug-likeness (QED) is 0.599. The Hall–Kier alpha value is -2.06. The molecule has 0 amide bonds. The molecule has 8 heteroatoms. The highest BCUT2D eigenvalue weighted by Gasteiger charge is 2.12. The Morgan fingerprint density at radius 2 is 1.61 bits per heavy atom. The zero-order valence-corrected chi connectivity index (χ0v) is 14.9. The topological polar surface area (TPSA) is 77.0 Å². The maximum Gasteiger partial charge on any atom is 0.276 e. The van der Waals surface area contributed by atoms with Crippen LogP contribution in [0.25, 0.3) is 0 Å². The van der Waals surface area contributed by atoms with Crippen molar-refractivity contribution in [3.63, 3.8) is 0 Å². The van der Waals surface area contributed by atoms with Crippen LogP contribution in [0.15, 0.2) is 56.9 Å². The first kappa shape index (κ1) is 17.3. The predicted molar refractivity (Wildman–Crippen MR) is 91.6 cm³/mol. The first-order valence-corrected chi connectivity index (χ1v) is 8.76. The summed E-state index contributed by atoms with van der Waals surface area (Å²) in [4.78, 5) is 2.29. The van der Waals surface area contributed by atoms with Gasteiger partial charge in [0, 0.05) is 16.1 Å². The molecule has 0 atom stereocenters. The molecule has 122 valence electrons. The second-order valence-corrected chi connectivity index (χ2v) is 7.03. The smallest absolute Gasteiger partial charge is 0.276 e. The van der Waals surface area contributed by atoms with Crippen LogP contribution in [0.3, 0.4) is 0 Å². The molecule has 2 aromatic carbocycles. The van der Waals surface area contributed by atoms with E-state index in [0.717, 1.165) is 4.47 Å². The lowest BCUT2D eigenvalue weighted by Crippen LogP contribution is -2.18. The zero-order chi connectivity index (χ0) is 16.9. The van der Waals surface area contributed by atoms with Crippen molar-refractivity contribution in [2.45, 2.75) is 4.90 Å². The summed E-state index contributed by atoms with van der Waals surface area (Å²) in [6.45, 7) is 0. The van der Waals surface area contributed by atoms with Gasteiger partial charge in [-0.2, -0.15) is 13.5 Å². The summed E-state index contributed by atoms with van der Waals surface area (Å²) in [5.74, 6) is 1.17. The summed E-state index contributed by atoms with van der Waals surface area (Å²) in [5, 5.41) is 3.78. The first-order valence-electron chi connectivity index (χ1n) is 6.48. The largest absolute Gasteiger partial charge is 0.497 e. The van der Waals surface area contributed by atoms with Gasteiger partial charge >= 0.3 is 0 Å². The standard InChI is InChI=1S/C15H15BrN2O4S/c1-21-13-7-11(8-14(9-13)22-2)10-17-18-23(19,20)15-5-3-12(16)4-6-15/h3-10,18H,1-2H3. The number of rotatable bonds is 6. The lowest BCUT2D eigenvalue weighted by Gasteiger charge is -2.06. The van der Waals surface area contributed by atoms with E-state index in [2.05, 4.69) is 25.9 Å². The minimum atomic E-state index is -3.71. The fraction of sp³-hybridized carbons (Fsp3) is 0.133. The highest BCUT2D eigenvalue weighted by molar-refractivity contribution is 9.10. The zero-order valence-electron chi connectivity index (χ0n) is 12.5. The van der Waals surface area contributed by atoms with E-state index >= 15 is 0 Å². The Balaban J connectivity index is 2.16. The SMILES string of the molecule is COc1cc(C=NNS(=O)(=O)c2ccc(Br)cc2)cc(OC)c1. The van der Waals surface area contributed by atoms with Gasteiger partial charge in [-0.05, 0) is 36.4 Å². The van der Waals surface area contributed by atoms with E-state index in [9.17, 15) is 8.42 Å². The number of hydrazone groups is 1. The van der Waals surface area contributed by atoms with Gasteiger partial charge in [-0.1, -0.05) is 15.9 Å². The van der Waals surface area contributed by atoms with Crippen molar-refractivity contribution in [1.29, 1.82) is 0 Å². The number of nitrogens with zero attached hydrogens (tertiary/aromatic N) is 1. The van der Waals surface area contributed by atoms with Crippen molar-refractivity contribution in [3.05, 3.63) is 52.5 Å². The third-order valence-electron chi connectivity index (χ3n) is 2.88. The molecule has 1 N–H and O–H groups in total. The van der Waals surface area contributed by atoms with Gasteiger partial charge in [-0.3, -0.25) is 0 Å². The number of sulfonamides is 1. The number of hydrogen-bond acceptors (Lipinski definition) is 5. The minimum absolute atomic E-state index is 0.126. The summed E-state index contributed by atoms with van der Waals surface area (Å²) in [6.07, 6.45) is 1.38. The second kappa shape index (κ2) is 7.47. The number of benzene rings is 2. The first-order chi connectivity index (χ1) is 10.9. The molecular weight excluding hydrogens is 384 g/mol. The Morgan fingerprint density at radius 1 is 1.04 bits per heavy atom. The number of methoxy groups -OCH3 is 2. The summed E-state index contributed by atoms with van der Waals surface area (Å²) in [6, 6.07) is 11.4. The molecular formula is C15H15BrN2O4S. The van der Waals surface area contributed by atoms with Gasteiger partial charge in [-0.25, -0.2) is 4.83 Å². The van der Waals surface area contributed by atoms with Crippen LogP contribution < -0.4 is 14.3 Å². The minimum Gasteiger partial charge on any atom is -0.497 e. The Labute approximate surface area is 143 Å². The lowest BCUT2D eigenvalue weighted by molar-refractivity contribution is 0.394. The molecule has 0 radical (unpaired) electrons. The molecule has 6 nitrogen and oxygen atoms in total. The van der Waals surface area contributed by atoms with Gasteiger partial charge in [0.05, 0.1) is 25.3 Å². The molecule has 2 aromatic rings. The van der Waals surface area contributed by atoms with Crippen LogP contribution in [0.5, 0.6) is 11.5 Å². The molecule has 2 rings (SSSR count). The van der Waals surface area contributed by atoms with Gasteiger partial charge in [0.1, 0.15) is 11.5 Å². The molecule has 0 aromatic heterocycles. The molecule has 0 unspecified atom stereocenters. The van der Waals surface area contributed by atoms with E-state index in [-0.39, 0.29) is 4.90 Å². The van der Waals surface area contributed by atoms with E-state index < -0.39 is 10.0 Å². The molecule has 0 aliphatic rings. The second-order valence-electron chi connectivity index (χ2n) is 4.45. The third-order valence-corrected chi connectivity index (χ3v) is 4.65. The third kappa shape index (κ3) is 4.70. The van der Waals surface area contributed by atoms with Crippen molar-refractivity contribution >= 4 is 32.2 Å². The van der Waals surface area contributed by atoms with Crippen LogP contribution in [0.1, 0.15) is 5.56 Å². The van der Waals surface area contributed by atoms with Crippen LogP contribution >= 0.6 is 15.9 Å². The monoisotopic (exact) mass is 398 g/mol. The van der Waals surface area contributed by atoms with E-state index in [4.69, 9.17) is 9.47 Å². The van der Waals surface area contributed by atoms with E-state index in [1.54, 1.807) is 30.3 Å². The predicted octanol–water partition coefficient (Wildman–Crippen LogP) is 2.78. The van der Waals surface area contributed by atoms with Gasteiger partial charge in [0.2, 0.25) is 0 Å². The van der Waals surface area contributed by atoms with E-state index in [1.165, 1.54) is 32.6 Å². The van der Waals surface area contributed by atoms with Crippen molar-refractivity contribution in [3.8, 4) is 11.5 Å². The Kier molecular flexibility index (Phi) is 5.62. The number of nitrogens with one attached hydrogen (secondary N) is 1. The van der Waals surface area contributed by atoms with Gasteiger partial charge < -0.3 is 9.47 Å². The van der Waals surface area contributed by atoms with Crippen LogP contribution in [0.4, 0.5) is 0 Å². The molecule has 0 heterocycles. The van der Waals surface area contributed by atoms with Gasteiger partial charge in [0.25, 0.3) is 10.0 Å². The van der Waals surface area contributed by atoms with Gasteiger partial charge in [-0.15, -0.1) is 0 Å². The molecule has 0 fully saturated rings. The Bertz CT molecular complexity index is 782. The van der Waals surface area contributed by atoms with Crippen molar-refractivity contribution < 1.29 is 17.9 Å². The Morgan fingerprint density at radius 3 is 2.13 bits per heavy atom. The van der Waals surface area contributed by atoms with Gasteiger partial charge in [0.15, 0.2) is 0 Å². The van der Waals surface area contributed by atoms with Crippen LogP contribution in [0, 0.1) is 0 Å². The van der Waals surface area contributed by atoms with Crippen LogP contribution in [0.2, 0.25) is 0 Å². The average molecular weight is 399 g/mol. The molecule has 0 spiro atoms. The molecule has 0 saturated heterocycles. The van der Waals surface area contributed by atoms with Crippen molar-refractivity contribution in [2.75, 3.05) is 14.2 Å². The summed E-state index contributed by atoms with van der Waals surface area (Å²) in [5.41, 5.74) is 0.639. The van der Waals surface area contributed by atoms with Crippen LogP contribution in [-0.2, 0) is 10.0 Å². The highest BCUT2D eigenvalue weighted by atomic mass is 79.9. The van der Waals surface area contributed by atoms with E-state index in [1.807, 2.05) is 0 Å². The maximum atomic E-state index is 12.1. The highest BCUT2D eigenvalue weighted by Crippen LogP contribution is 2.21. The molecule has 0 aliphatic carbocycles. The van der Waals surface area contributed by atoms with Crippen LogP contribution in [-0.4, -0.2) is 28.9 Å². The number of ether oxygens (including phenoxy) is 2. The summed E-state index contributed by atoms with van der Waals surface area (Å²) < 4.78 is 35.3. The molecule has 0 aliphatic heterocycles. The van der Waals surface area contributed by atoms with E-state index in [0.29, 0.717) is 17.1 Å². The molecule has 0 saturated carbocycles.